The summed E-state index contributed by atoms with van der Waals surface area (Å²) in [7, 11) is 0. The Morgan fingerprint density at radius 1 is 0.808 bits per heavy atom. The first-order chi connectivity index (χ1) is 12.7. The maximum absolute atomic E-state index is 12.8. The van der Waals surface area contributed by atoms with Crippen molar-refractivity contribution in [3.8, 4) is 0 Å². The van der Waals surface area contributed by atoms with E-state index in [-0.39, 0.29) is 5.43 Å². The van der Waals surface area contributed by atoms with Crippen LogP contribution in [0, 0.1) is 0 Å². The lowest BCUT2D eigenvalue weighted by Gasteiger charge is -2.15. The van der Waals surface area contributed by atoms with Crippen LogP contribution < -0.4 is 5.43 Å². The van der Waals surface area contributed by atoms with E-state index in [4.69, 9.17) is 0 Å². The Hall–Kier alpha value is -1.77. The number of benzene rings is 1. The minimum absolute atomic E-state index is 0.0960. The molecule has 0 aliphatic rings. The normalized spacial score (nSPS) is 11.3. The average Bonchev–Trinajstić information content (AvgIpc) is 2.66. The molecule has 2 aromatic rings. The highest BCUT2D eigenvalue weighted by molar-refractivity contribution is 5.79. The lowest BCUT2D eigenvalue weighted by molar-refractivity contribution is 0.186. The van der Waals surface area contributed by atoms with Crippen molar-refractivity contribution < 1.29 is 5.21 Å². The zero-order valence-electron chi connectivity index (χ0n) is 16.6. The number of unbranched alkanes of at least 4 members (excludes halogenated alkanes) is 8. The van der Waals surface area contributed by atoms with Gasteiger partial charge in [0.25, 0.3) is 0 Å². The number of fused-ring (bicyclic) bond motifs is 1. The molecule has 0 saturated heterocycles. The average molecular weight is 358 g/mol. The summed E-state index contributed by atoms with van der Waals surface area (Å²) in [6.07, 6.45) is 13.9. The first-order valence-corrected chi connectivity index (χ1v) is 10.6. The molecule has 0 unspecified atom stereocenters. The van der Waals surface area contributed by atoms with Gasteiger partial charge in [-0.25, -0.2) is 0 Å². The first-order valence-electron chi connectivity index (χ1n) is 10.6. The third-order valence-corrected chi connectivity index (χ3v) is 5.27. The molecule has 0 atom stereocenters. The van der Waals surface area contributed by atoms with Crippen molar-refractivity contribution >= 4 is 10.9 Å². The molecular formula is C23H35NO2. The van der Waals surface area contributed by atoms with E-state index in [1.165, 1.54) is 56.1 Å². The monoisotopic (exact) mass is 357 g/mol. The number of pyridine rings is 1. The fourth-order valence-corrected chi connectivity index (χ4v) is 3.78. The molecule has 0 bridgehead atoms. The summed E-state index contributed by atoms with van der Waals surface area (Å²) in [5.41, 5.74) is 2.34. The molecule has 26 heavy (non-hydrogen) atoms. The van der Waals surface area contributed by atoms with Crippen LogP contribution in [-0.2, 0) is 12.8 Å². The van der Waals surface area contributed by atoms with Gasteiger partial charge in [-0.2, -0.15) is 4.73 Å². The second-order valence-corrected chi connectivity index (χ2v) is 7.41. The lowest BCUT2D eigenvalue weighted by Crippen LogP contribution is -2.20. The minimum Gasteiger partial charge on any atom is -0.428 e. The highest BCUT2D eigenvalue weighted by Crippen LogP contribution is 2.19. The van der Waals surface area contributed by atoms with Crippen LogP contribution in [0.2, 0.25) is 0 Å². The summed E-state index contributed by atoms with van der Waals surface area (Å²) in [5, 5.41) is 11.3. The molecule has 2 rings (SSSR count). The molecule has 3 heteroatoms. The van der Waals surface area contributed by atoms with Crippen molar-refractivity contribution in [1.82, 2.24) is 4.73 Å². The Morgan fingerprint density at radius 3 is 2.08 bits per heavy atom. The number of hydrogen-bond donors (Lipinski definition) is 1. The van der Waals surface area contributed by atoms with E-state index in [2.05, 4.69) is 13.8 Å². The predicted molar refractivity (Wildman–Crippen MR) is 110 cm³/mol. The summed E-state index contributed by atoms with van der Waals surface area (Å²) in [6.45, 7) is 4.33. The standard InChI is InChI=1S/C23H35NO2/c1-3-5-6-7-8-9-10-11-12-17-21-19(15-4-2)23(25)20-16-13-14-18-22(20)24(21)26/h13-14,16,18,26H,3-12,15,17H2,1-2H3. The zero-order valence-corrected chi connectivity index (χ0v) is 16.6. The van der Waals surface area contributed by atoms with Crippen LogP contribution in [0.1, 0.15) is 89.3 Å². The molecule has 0 fully saturated rings. The smallest absolute Gasteiger partial charge is 0.193 e. The Kier molecular flexibility index (Phi) is 8.73. The number of hydrogen-bond acceptors (Lipinski definition) is 2. The molecule has 144 valence electrons. The molecular weight excluding hydrogens is 322 g/mol. The minimum atomic E-state index is 0.0960. The zero-order chi connectivity index (χ0) is 18.8. The van der Waals surface area contributed by atoms with Crippen molar-refractivity contribution in [2.75, 3.05) is 0 Å². The van der Waals surface area contributed by atoms with Crippen LogP contribution in [-0.4, -0.2) is 9.94 Å². The molecule has 1 heterocycles. The van der Waals surface area contributed by atoms with Gasteiger partial charge in [-0.05, 0) is 31.4 Å². The molecule has 0 amide bonds. The Labute approximate surface area is 158 Å². The van der Waals surface area contributed by atoms with E-state index in [1.54, 1.807) is 0 Å². The van der Waals surface area contributed by atoms with Crippen LogP contribution >= 0.6 is 0 Å². The number of aromatic nitrogens is 1. The molecule has 0 aliphatic carbocycles. The van der Waals surface area contributed by atoms with E-state index < -0.39 is 0 Å². The largest absolute Gasteiger partial charge is 0.428 e. The van der Waals surface area contributed by atoms with Gasteiger partial charge in [-0.15, -0.1) is 0 Å². The van der Waals surface area contributed by atoms with Crippen LogP contribution in [0.15, 0.2) is 29.1 Å². The Balaban J connectivity index is 1.97. The molecule has 0 spiro atoms. The summed E-state index contributed by atoms with van der Waals surface area (Å²) < 4.78 is 1.27. The second kappa shape index (κ2) is 11.1. The van der Waals surface area contributed by atoms with Gasteiger partial charge in [0.15, 0.2) is 5.43 Å². The van der Waals surface area contributed by atoms with Gasteiger partial charge in [0.1, 0.15) is 0 Å². The Morgan fingerprint density at radius 2 is 1.42 bits per heavy atom. The Bertz CT molecular complexity index is 733. The fraction of sp³-hybridized carbons (Fsp3) is 0.609. The first kappa shape index (κ1) is 20.5. The molecule has 1 aromatic heterocycles. The van der Waals surface area contributed by atoms with E-state index >= 15 is 0 Å². The maximum Gasteiger partial charge on any atom is 0.193 e. The third-order valence-electron chi connectivity index (χ3n) is 5.27. The predicted octanol–water partition coefficient (Wildman–Crippen LogP) is 6.26. The van der Waals surface area contributed by atoms with Crippen molar-refractivity contribution in [3.05, 3.63) is 45.7 Å². The van der Waals surface area contributed by atoms with Gasteiger partial charge >= 0.3 is 0 Å². The summed E-state index contributed by atoms with van der Waals surface area (Å²) in [6, 6.07) is 7.37. The quantitative estimate of drug-likeness (QED) is 0.359. The van der Waals surface area contributed by atoms with Gasteiger partial charge in [0.2, 0.25) is 0 Å². The molecule has 1 aromatic carbocycles. The maximum atomic E-state index is 12.8. The van der Waals surface area contributed by atoms with Gasteiger partial charge in [-0.3, -0.25) is 4.79 Å². The molecule has 3 nitrogen and oxygen atoms in total. The van der Waals surface area contributed by atoms with E-state index in [1.807, 2.05) is 24.3 Å². The van der Waals surface area contributed by atoms with Gasteiger partial charge < -0.3 is 5.21 Å². The summed E-state index contributed by atoms with van der Waals surface area (Å²) in [4.78, 5) is 12.8. The van der Waals surface area contributed by atoms with E-state index in [0.717, 1.165) is 36.9 Å². The number of para-hydroxylation sites is 1. The van der Waals surface area contributed by atoms with E-state index in [9.17, 15) is 10.0 Å². The highest BCUT2D eigenvalue weighted by Gasteiger charge is 2.15. The van der Waals surface area contributed by atoms with Crippen LogP contribution in [0.4, 0.5) is 0 Å². The van der Waals surface area contributed by atoms with Crippen molar-refractivity contribution in [1.29, 1.82) is 0 Å². The van der Waals surface area contributed by atoms with E-state index in [0.29, 0.717) is 10.9 Å². The number of rotatable bonds is 12. The summed E-state index contributed by atoms with van der Waals surface area (Å²) in [5.74, 6) is 0. The van der Waals surface area contributed by atoms with Crippen LogP contribution in [0.25, 0.3) is 10.9 Å². The summed E-state index contributed by atoms with van der Waals surface area (Å²) >= 11 is 0. The van der Waals surface area contributed by atoms with Crippen molar-refractivity contribution in [2.24, 2.45) is 0 Å². The van der Waals surface area contributed by atoms with Crippen LogP contribution in [0.3, 0.4) is 0 Å². The molecule has 0 saturated carbocycles. The fourth-order valence-electron chi connectivity index (χ4n) is 3.78. The SMILES string of the molecule is CCCCCCCCCCCc1c(CCC)c(=O)c2ccccc2n1O. The van der Waals surface area contributed by atoms with Crippen LogP contribution in [0.5, 0.6) is 0 Å². The molecule has 0 radical (unpaired) electrons. The number of nitrogens with zero attached hydrogens (tertiary/aromatic N) is 1. The topological polar surface area (TPSA) is 42.2 Å². The second-order valence-electron chi connectivity index (χ2n) is 7.41. The lowest BCUT2D eigenvalue weighted by atomic mass is 9.99. The molecule has 1 N–H and O–H groups in total. The third kappa shape index (κ3) is 5.36. The van der Waals surface area contributed by atoms with Crippen molar-refractivity contribution in [3.63, 3.8) is 0 Å². The van der Waals surface area contributed by atoms with Crippen molar-refractivity contribution in [2.45, 2.75) is 90.9 Å². The molecule has 0 aliphatic heterocycles. The van der Waals surface area contributed by atoms with Gasteiger partial charge in [-0.1, -0.05) is 83.8 Å². The van der Waals surface area contributed by atoms with Gasteiger partial charge in [0, 0.05) is 10.9 Å². The van der Waals surface area contributed by atoms with Gasteiger partial charge in [0.05, 0.1) is 11.2 Å². The highest BCUT2D eigenvalue weighted by atomic mass is 16.5.